The Balaban J connectivity index is 1.64. The average Bonchev–Trinajstić information content (AvgIpc) is 3.03. The molecule has 1 aromatic carbocycles. The maximum atomic E-state index is 14.0. The van der Waals surface area contributed by atoms with Gasteiger partial charge in [0.05, 0.1) is 11.6 Å². The molecule has 134 valence electrons. The van der Waals surface area contributed by atoms with Crippen molar-refractivity contribution in [3.63, 3.8) is 0 Å². The Bertz CT molecular complexity index is 885. The van der Waals surface area contributed by atoms with Gasteiger partial charge >= 0.3 is 6.03 Å². The number of nitrogens with one attached hydrogen (secondary N) is 1. The molecule has 0 saturated carbocycles. The third kappa shape index (κ3) is 4.03. The molecular weight excluding hydrogens is 360 g/mol. The van der Waals surface area contributed by atoms with Gasteiger partial charge in [-0.1, -0.05) is 5.57 Å². The predicted molar refractivity (Wildman–Crippen MR) is 93.5 cm³/mol. The number of rotatable bonds is 2. The lowest BCUT2D eigenvalue weighted by Crippen LogP contribution is -2.39. The number of benzene rings is 1. The number of hydrogen-bond acceptors (Lipinski definition) is 5. The second-order valence-corrected chi connectivity index (χ2v) is 6.58. The van der Waals surface area contributed by atoms with Gasteiger partial charge in [-0.3, -0.25) is 5.32 Å². The molecule has 0 spiro atoms. The summed E-state index contributed by atoms with van der Waals surface area (Å²) < 4.78 is 32.0. The van der Waals surface area contributed by atoms with Crippen LogP contribution in [0.2, 0.25) is 0 Å². The number of carbonyl (C=O) groups is 1. The zero-order valence-electron chi connectivity index (χ0n) is 13.9. The van der Waals surface area contributed by atoms with Crippen LogP contribution in [-0.2, 0) is 0 Å². The van der Waals surface area contributed by atoms with E-state index >= 15 is 0 Å². The molecule has 0 radical (unpaired) electrons. The van der Waals surface area contributed by atoms with Crippen molar-refractivity contribution in [2.45, 2.75) is 19.8 Å². The number of nitriles is 1. The van der Waals surface area contributed by atoms with Crippen LogP contribution in [-0.4, -0.2) is 33.4 Å². The summed E-state index contributed by atoms with van der Waals surface area (Å²) in [5.74, 6) is -0.928. The van der Waals surface area contributed by atoms with Crippen molar-refractivity contribution < 1.29 is 13.6 Å². The minimum Gasteiger partial charge on any atom is -0.324 e. The van der Waals surface area contributed by atoms with Gasteiger partial charge in [0.2, 0.25) is 5.13 Å². The van der Waals surface area contributed by atoms with Crippen molar-refractivity contribution in [1.29, 1.82) is 5.26 Å². The molecule has 3 rings (SSSR count). The minimum absolute atomic E-state index is 0.0550. The molecule has 9 heteroatoms. The van der Waals surface area contributed by atoms with Gasteiger partial charge in [-0.25, -0.2) is 18.6 Å². The normalized spacial score (nSPS) is 14.1. The maximum Gasteiger partial charge on any atom is 0.323 e. The van der Waals surface area contributed by atoms with Crippen LogP contribution in [0.1, 0.15) is 29.8 Å². The van der Waals surface area contributed by atoms with Crippen molar-refractivity contribution in [2.24, 2.45) is 0 Å². The highest BCUT2D eigenvalue weighted by Crippen LogP contribution is 2.24. The quantitative estimate of drug-likeness (QED) is 0.868. The summed E-state index contributed by atoms with van der Waals surface area (Å²) in [7, 11) is 0. The Morgan fingerprint density at radius 2 is 2.00 bits per heavy atom. The number of likely N-dealkylation sites (tertiary alicyclic amines) is 1. The Morgan fingerprint density at radius 3 is 2.54 bits per heavy atom. The average molecular weight is 375 g/mol. The monoisotopic (exact) mass is 375 g/mol. The standard InChI is InChI=1S/C17H15F2N5OS/c1-10-21-16(26-23-10)22-17(25)24-4-2-11(3-5-24)6-13-14(18)7-12(9-20)8-15(13)19/h6-8H,2-5H2,1H3,(H,21,22,23,25). The molecule has 1 fully saturated rings. The highest BCUT2D eigenvalue weighted by Gasteiger charge is 2.21. The van der Waals surface area contributed by atoms with E-state index in [-0.39, 0.29) is 17.2 Å². The Morgan fingerprint density at radius 1 is 1.35 bits per heavy atom. The topological polar surface area (TPSA) is 81.9 Å². The van der Waals surface area contributed by atoms with Crippen LogP contribution in [0.15, 0.2) is 17.7 Å². The summed E-state index contributed by atoms with van der Waals surface area (Å²) in [6.45, 7) is 2.62. The number of anilines is 1. The summed E-state index contributed by atoms with van der Waals surface area (Å²) in [6, 6.07) is 3.48. The van der Waals surface area contributed by atoms with Crippen LogP contribution >= 0.6 is 11.5 Å². The Labute approximate surface area is 152 Å². The number of piperidine rings is 1. The molecule has 2 aromatic rings. The van der Waals surface area contributed by atoms with E-state index in [0.717, 1.165) is 29.2 Å². The van der Waals surface area contributed by atoms with E-state index in [9.17, 15) is 13.6 Å². The van der Waals surface area contributed by atoms with E-state index in [1.165, 1.54) is 6.08 Å². The maximum absolute atomic E-state index is 14.0. The Hall–Kier alpha value is -2.86. The molecule has 0 bridgehead atoms. The Kier molecular flexibility index (Phi) is 5.23. The van der Waals surface area contributed by atoms with Crippen LogP contribution in [0.4, 0.5) is 18.7 Å². The molecule has 1 aliphatic heterocycles. The number of halogens is 2. The molecule has 1 N–H and O–H groups in total. The highest BCUT2D eigenvalue weighted by atomic mass is 32.1. The molecule has 0 atom stereocenters. The van der Waals surface area contributed by atoms with Gasteiger partial charge in [-0.05, 0) is 38.0 Å². The summed E-state index contributed by atoms with van der Waals surface area (Å²) >= 11 is 1.11. The second kappa shape index (κ2) is 7.58. The van der Waals surface area contributed by atoms with E-state index in [4.69, 9.17) is 5.26 Å². The number of aromatic nitrogens is 2. The van der Waals surface area contributed by atoms with Crippen molar-refractivity contribution in [3.05, 3.63) is 46.3 Å². The third-order valence-corrected chi connectivity index (χ3v) is 4.71. The number of carbonyl (C=O) groups excluding carboxylic acids is 1. The largest absolute Gasteiger partial charge is 0.324 e. The van der Waals surface area contributed by atoms with Gasteiger partial charge in [0.25, 0.3) is 0 Å². The lowest BCUT2D eigenvalue weighted by atomic mass is 10.00. The van der Waals surface area contributed by atoms with E-state index < -0.39 is 11.6 Å². The summed E-state index contributed by atoms with van der Waals surface area (Å²) in [5, 5.41) is 11.9. The van der Waals surface area contributed by atoms with Crippen molar-refractivity contribution in [1.82, 2.24) is 14.3 Å². The van der Waals surface area contributed by atoms with Crippen molar-refractivity contribution in [2.75, 3.05) is 18.4 Å². The zero-order chi connectivity index (χ0) is 18.7. The summed E-state index contributed by atoms with van der Waals surface area (Å²) in [4.78, 5) is 17.9. The number of nitrogens with zero attached hydrogens (tertiary/aromatic N) is 4. The van der Waals surface area contributed by atoms with Crippen LogP contribution < -0.4 is 5.32 Å². The highest BCUT2D eigenvalue weighted by molar-refractivity contribution is 7.09. The first-order valence-corrected chi connectivity index (χ1v) is 8.68. The third-order valence-electron chi connectivity index (χ3n) is 3.99. The fourth-order valence-corrected chi connectivity index (χ4v) is 3.22. The van der Waals surface area contributed by atoms with Crippen LogP contribution in [0.25, 0.3) is 6.08 Å². The lowest BCUT2D eigenvalue weighted by molar-refractivity contribution is 0.208. The first-order valence-electron chi connectivity index (χ1n) is 7.91. The summed E-state index contributed by atoms with van der Waals surface area (Å²) in [6.07, 6.45) is 2.50. The van der Waals surface area contributed by atoms with E-state index in [1.54, 1.807) is 17.9 Å². The van der Waals surface area contributed by atoms with E-state index in [2.05, 4.69) is 14.7 Å². The van der Waals surface area contributed by atoms with Gasteiger partial charge in [-0.2, -0.15) is 9.64 Å². The number of urea groups is 1. The smallest absolute Gasteiger partial charge is 0.323 e. The molecule has 0 aliphatic carbocycles. The molecule has 1 aromatic heterocycles. The molecule has 1 saturated heterocycles. The van der Waals surface area contributed by atoms with Crippen molar-refractivity contribution in [3.8, 4) is 6.07 Å². The molecule has 6 nitrogen and oxygen atoms in total. The molecule has 2 amide bonds. The van der Waals surface area contributed by atoms with Gasteiger partial charge in [0.1, 0.15) is 17.5 Å². The van der Waals surface area contributed by atoms with Crippen LogP contribution in [0, 0.1) is 29.9 Å². The molecular formula is C17H15F2N5OS. The van der Waals surface area contributed by atoms with Gasteiger partial charge in [-0.15, -0.1) is 0 Å². The van der Waals surface area contributed by atoms with Crippen molar-refractivity contribution >= 4 is 28.8 Å². The predicted octanol–water partition coefficient (Wildman–Crippen LogP) is 3.71. The first-order chi connectivity index (χ1) is 12.5. The number of amides is 2. The van der Waals surface area contributed by atoms with Crippen LogP contribution in [0.5, 0.6) is 0 Å². The van der Waals surface area contributed by atoms with E-state index in [0.29, 0.717) is 36.9 Å². The molecule has 26 heavy (non-hydrogen) atoms. The fraction of sp³-hybridized carbons (Fsp3) is 0.294. The zero-order valence-corrected chi connectivity index (χ0v) is 14.7. The number of hydrogen-bond donors (Lipinski definition) is 1. The minimum atomic E-state index is -0.763. The van der Waals surface area contributed by atoms with Gasteiger partial charge in [0, 0.05) is 30.2 Å². The SMILES string of the molecule is Cc1nsc(NC(=O)N2CCC(=Cc3c(F)cc(C#N)cc3F)CC2)n1. The lowest BCUT2D eigenvalue weighted by Gasteiger charge is -2.28. The van der Waals surface area contributed by atoms with Gasteiger partial charge in [0.15, 0.2) is 0 Å². The van der Waals surface area contributed by atoms with Gasteiger partial charge < -0.3 is 4.90 Å². The second-order valence-electron chi connectivity index (χ2n) is 5.83. The first kappa shape index (κ1) is 17.9. The van der Waals surface area contributed by atoms with E-state index in [1.807, 2.05) is 0 Å². The number of aryl methyl sites for hydroxylation is 1. The molecule has 0 unspecified atom stereocenters. The summed E-state index contributed by atoms with van der Waals surface area (Å²) in [5.41, 5.74) is 0.644. The van der Waals surface area contributed by atoms with Crippen LogP contribution in [0.3, 0.4) is 0 Å². The fourth-order valence-electron chi connectivity index (χ4n) is 2.65. The molecule has 1 aliphatic rings. The molecule has 2 heterocycles.